The molecule has 1 amide bonds. The molecule has 0 saturated carbocycles. The van der Waals surface area contributed by atoms with E-state index in [-0.39, 0.29) is 23.3 Å². The summed E-state index contributed by atoms with van der Waals surface area (Å²) in [7, 11) is 0. The van der Waals surface area contributed by atoms with Gasteiger partial charge in [-0.15, -0.1) is 0 Å². The van der Waals surface area contributed by atoms with Crippen LogP contribution in [0, 0.1) is 18.7 Å². The van der Waals surface area contributed by atoms with Gasteiger partial charge in [-0.25, -0.2) is 4.39 Å². The van der Waals surface area contributed by atoms with Crippen molar-refractivity contribution in [3.8, 4) is 0 Å². The molecule has 0 aromatic heterocycles. The summed E-state index contributed by atoms with van der Waals surface area (Å²) in [5.74, 6) is -0.528. The van der Waals surface area contributed by atoms with E-state index in [4.69, 9.17) is 0 Å². The number of amides is 1. The van der Waals surface area contributed by atoms with Crippen LogP contribution in [0.15, 0.2) is 18.2 Å². The van der Waals surface area contributed by atoms with Crippen LogP contribution in [-0.2, 0) is 4.79 Å². The van der Waals surface area contributed by atoms with Crippen molar-refractivity contribution in [3.05, 3.63) is 29.6 Å². The highest BCUT2D eigenvalue weighted by Gasteiger charge is 2.15. The molecule has 0 aliphatic carbocycles. The number of anilines is 1. The van der Waals surface area contributed by atoms with Gasteiger partial charge >= 0.3 is 0 Å². The van der Waals surface area contributed by atoms with E-state index in [1.54, 1.807) is 12.1 Å². The molecule has 0 bridgehead atoms. The van der Waals surface area contributed by atoms with Crippen molar-refractivity contribution in [2.24, 2.45) is 5.92 Å². The second-order valence-corrected chi connectivity index (χ2v) is 3.99. The molecule has 2 nitrogen and oxygen atoms in total. The lowest BCUT2D eigenvalue weighted by Crippen LogP contribution is -2.22. The van der Waals surface area contributed by atoms with E-state index in [0.717, 1.165) is 18.4 Å². The molecule has 0 unspecified atom stereocenters. The highest BCUT2D eigenvalue weighted by Crippen LogP contribution is 2.18. The van der Waals surface area contributed by atoms with E-state index >= 15 is 0 Å². The first-order chi connectivity index (χ1) is 7.58. The molecule has 0 fully saturated rings. The summed E-state index contributed by atoms with van der Waals surface area (Å²) in [6, 6.07) is 4.70. The number of carbonyl (C=O) groups excluding carboxylic acids is 1. The van der Waals surface area contributed by atoms with Crippen LogP contribution < -0.4 is 5.32 Å². The second-order valence-electron chi connectivity index (χ2n) is 3.99. The van der Waals surface area contributed by atoms with Gasteiger partial charge in [0, 0.05) is 5.92 Å². The number of carbonyl (C=O) groups is 1. The van der Waals surface area contributed by atoms with Crippen molar-refractivity contribution in [1.82, 2.24) is 0 Å². The van der Waals surface area contributed by atoms with Gasteiger partial charge in [0.2, 0.25) is 5.91 Å². The lowest BCUT2D eigenvalue weighted by molar-refractivity contribution is -0.120. The van der Waals surface area contributed by atoms with Crippen molar-refractivity contribution in [1.29, 1.82) is 0 Å². The molecule has 0 atom stereocenters. The summed E-state index contributed by atoms with van der Waals surface area (Å²) in [6.07, 6.45) is 1.55. The Balaban J connectivity index is 2.80. The minimum Gasteiger partial charge on any atom is -0.323 e. The van der Waals surface area contributed by atoms with Crippen molar-refractivity contribution in [2.75, 3.05) is 5.32 Å². The Kier molecular flexibility index (Phi) is 4.47. The fraction of sp³-hybridized carbons (Fsp3) is 0.462. The van der Waals surface area contributed by atoms with E-state index in [9.17, 15) is 9.18 Å². The Labute approximate surface area is 95.9 Å². The Bertz CT molecular complexity index is 372. The Hall–Kier alpha value is -1.38. The Morgan fingerprint density at radius 1 is 1.38 bits per heavy atom. The minimum absolute atomic E-state index is 0.0417. The normalized spacial score (nSPS) is 10.6. The molecule has 0 radical (unpaired) electrons. The third-order valence-electron chi connectivity index (χ3n) is 2.74. The monoisotopic (exact) mass is 223 g/mol. The van der Waals surface area contributed by atoms with Gasteiger partial charge in [-0.2, -0.15) is 0 Å². The first-order valence-electron chi connectivity index (χ1n) is 5.65. The van der Waals surface area contributed by atoms with Crippen molar-refractivity contribution in [2.45, 2.75) is 33.6 Å². The first-order valence-corrected chi connectivity index (χ1v) is 5.65. The van der Waals surface area contributed by atoms with Gasteiger partial charge < -0.3 is 5.32 Å². The van der Waals surface area contributed by atoms with E-state index < -0.39 is 0 Å². The number of halogens is 1. The molecular formula is C13H18FNO. The van der Waals surface area contributed by atoms with Gasteiger partial charge in [-0.3, -0.25) is 4.79 Å². The maximum Gasteiger partial charge on any atom is 0.227 e. The third-order valence-corrected chi connectivity index (χ3v) is 2.74. The number of nitrogens with one attached hydrogen (secondary N) is 1. The minimum atomic E-state index is -0.384. The zero-order valence-corrected chi connectivity index (χ0v) is 10.0. The predicted molar refractivity (Wildman–Crippen MR) is 63.8 cm³/mol. The third kappa shape index (κ3) is 3.05. The number of aryl methyl sites for hydroxylation is 1. The number of benzene rings is 1. The zero-order valence-electron chi connectivity index (χ0n) is 10.0. The standard InChI is InChI=1S/C13H18FNO/c1-4-10(5-2)13(16)15-12-8-9(3)6-7-11(12)14/h6-8,10H,4-5H2,1-3H3,(H,15,16). The van der Waals surface area contributed by atoms with Gasteiger partial charge in [-0.1, -0.05) is 19.9 Å². The molecule has 1 aromatic carbocycles. The summed E-state index contributed by atoms with van der Waals surface area (Å²) in [5.41, 5.74) is 1.21. The molecule has 0 heterocycles. The number of hydrogen-bond acceptors (Lipinski definition) is 1. The average Bonchev–Trinajstić information content (AvgIpc) is 2.25. The van der Waals surface area contributed by atoms with E-state index in [1.807, 2.05) is 20.8 Å². The first kappa shape index (κ1) is 12.7. The SMILES string of the molecule is CCC(CC)C(=O)Nc1cc(C)ccc1F. The molecule has 0 aliphatic rings. The van der Waals surface area contributed by atoms with Crippen molar-refractivity contribution < 1.29 is 9.18 Å². The average molecular weight is 223 g/mol. The van der Waals surface area contributed by atoms with Crippen LogP contribution in [0.4, 0.5) is 10.1 Å². The Morgan fingerprint density at radius 3 is 2.56 bits per heavy atom. The molecular weight excluding hydrogens is 205 g/mol. The largest absolute Gasteiger partial charge is 0.323 e. The number of hydrogen-bond donors (Lipinski definition) is 1. The van der Waals surface area contributed by atoms with Crippen molar-refractivity contribution in [3.63, 3.8) is 0 Å². The summed E-state index contributed by atoms with van der Waals surface area (Å²) in [5, 5.41) is 2.64. The predicted octanol–water partition coefficient (Wildman–Crippen LogP) is 3.51. The maximum absolute atomic E-state index is 13.4. The summed E-state index contributed by atoms with van der Waals surface area (Å²) in [6.45, 7) is 5.78. The van der Waals surface area contributed by atoms with Crippen molar-refractivity contribution >= 4 is 11.6 Å². The van der Waals surface area contributed by atoms with Crippen LogP contribution in [-0.4, -0.2) is 5.91 Å². The quantitative estimate of drug-likeness (QED) is 0.831. The second kappa shape index (κ2) is 5.64. The van der Waals surface area contributed by atoms with E-state index in [0.29, 0.717) is 0 Å². The van der Waals surface area contributed by atoms with Gasteiger partial charge in [0.15, 0.2) is 0 Å². The maximum atomic E-state index is 13.4. The molecule has 3 heteroatoms. The Morgan fingerprint density at radius 2 is 2.00 bits per heavy atom. The van der Waals surface area contributed by atoms with Crippen LogP contribution in [0.25, 0.3) is 0 Å². The lowest BCUT2D eigenvalue weighted by Gasteiger charge is -2.13. The van der Waals surface area contributed by atoms with Crippen LogP contribution in [0.1, 0.15) is 32.3 Å². The smallest absolute Gasteiger partial charge is 0.227 e. The molecule has 16 heavy (non-hydrogen) atoms. The van der Waals surface area contributed by atoms with Gasteiger partial charge in [0.1, 0.15) is 5.82 Å². The topological polar surface area (TPSA) is 29.1 Å². The fourth-order valence-corrected chi connectivity index (χ4v) is 1.63. The van der Waals surface area contributed by atoms with E-state index in [2.05, 4.69) is 5.32 Å². The molecule has 88 valence electrons. The summed E-state index contributed by atoms with van der Waals surface area (Å²) < 4.78 is 13.4. The van der Waals surface area contributed by atoms with Crippen LogP contribution in [0.2, 0.25) is 0 Å². The lowest BCUT2D eigenvalue weighted by atomic mass is 10.0. The van der Waals surface area contributed by atoms with Crippen LogP contribution in [0.5, 0.6) is 0 Å². The highest BCUT2D eigenvalue weighted by atomic mass is 19.1. The van der Waals surface area contributed by atoms with Gasteiger partial charge in [0.25, 0.3) is 0 Å². The van der Waals surface area contributed by atoms with Gasteiger partial charge in [-0.05, 0) is 37.5 Å². The fourth-order valence-electron chi connectivity index (χ4n) is 1.63. The molecule has 1 aromatic rings. The highest BCUT2D eigenvalue weighted by molar-refractivity contribution is 5.92. The molecule has 0 aliphatic heterocycles. The number of rotatable bonds is 4. The molecule has 1 N–H and O–H groups in total. The molecule has 0 spiro atoms. The van der Waals surface area contributed by atoms with E-state index in [1.165, 1.54) is 6.07 Å². The van der Waals surface area contributed by atoms with Gasteiger partial charge in [0.05, 0.1) is 5.69 Å². The summed E-state index contributed by atoms with van der Waals surface area (Å²) >= 11 is 0. The molecule has 1 rings (SSSR count). The van der Waals surface area contributed by atoms with Crippen LogP contribution >= 0.6 is 0 Å². The molecule has 0 saturated heterocycles. The summed E-state index contributed by atoms with van der Waals surface area (Å²) in [4.78, 5) is 11.8. The zero-order chi connectivity index (χ0) is 12.1. The van der Waals surface area contributed by atoms with Crippen LogP contribution in [0.3, 0.4) is 0 Å².